The predicted octanol–water partition coefficient (Wildman–Crippen LogP) is 4.89. The molecule has 0 aliphatic carbocycles. The van der Waals surface area contributed by atoms with Crippen LogP contribution < -0.4 is 15.6 Å². The van der Waals surface area contributed by atoms with Crippen LogP contribution in [0.4, 0.5) is 0 Å². The van der Waals surface area contributed by atoms with Crippen molar-refractivity contribution in [2.75, 3.05) is 12.9 Å². The molecule has 3 heterocycles. The van der Waals surface area contributed by atoms with Crippen LogP contribution in [0.2, 0.25) is 0 Å². The second kappa shape index (κ2) is 9.11. The summed E-state index contributed by atoms with van der Waals surface area (Å²) in [6.07, 6.45) is 1.96. The topological polar surface area (TPSA) is 73.2 Å². The summed E-state index contributed by atoms with van der Waals surface area (Å²) in [5, 5.41) is 3.84. The monoisotopic (exact) mass is 489 g/mol. The average Bonchev–Trinajstić information content (AvgIpc) is 3.11. The number of nitrogens with one attached hydrogen (secondary N) is 1. The summed E-state index contributed by atoms with van der Waals surface area (Å²) in [7, 11) is 1.61. The molecule has 170 valence electrons. The minimum absolute atomic E-state index is 0.0777. The number of thiophene rings is 1. The van der Waals surface area contributed by atoms with Gasteiger partial charge in [0.25, 0.3) is 5.56 Å². The van der Waals surface area contributed by atoms with Crippen molar-refractivity contribution >= 4 is 51.0 Å². The summed E-state index contributed by atoms with van der Waals surface area (Å²) in [5.74, 6) is 1.70. The van der Waals surface area contributed by atoms with E-state index >= 15 is 0 Å². The van der Waals surface area contributed by atoms with Crippen molar-refractivity contribution in [3.63, 3.8) is 0 Å². The number of aromatic nitrogens is 2. The lowest BCUT2D eigenvalue weighted by molar-refractivity contribution is -0.121. The van der Waals surface area contributed by atoms with Gasteiger partial charge in [0.05, 0.1) is 27.6 Å². The number of ether oxygens (including phenoxy) is 1. The number of carbonyl (C=O) groups is 1. The number of rotatable bonds is 5. The van der Waals surface area contributed by atoms with Crippen LogP contribution in [0.25, 0.3) is 15.9 Å². The number of fused-ring (bicyclic) bond motifs is 3. The molecule has 1 N–H and O–H groups in total. The third kappa shape index (κ3) is 4.70. The first-order valence-electron chi connectivity index (χ1n) is 10.5. The molecule has 2 aromatic heterocycles. The van der Waals surface area contributed by atoms with Crippen LogP contribution in [0.5, 0.6) is 5.75 Å². The van der Waals surface area contributed by atoms with Gasteiger partial charge < -0.3 is 10.1 Å². The second-order valence-electron chi connectivity index (χ2n) is 8.73. The van der Waals surface area contributed by atoms with E-state index in [-0.39, 0.29) is 17.0 Å². The standard InChI is InChI=1S/C23H27N3O3S3/c1-13(18(27)25-23(2,3)4)31-22-24-19-17(16-7-6-12-30-21(16)32-19)20(28)26(22)14-8-10-15(29-5)11-9-14/h8-11,13H,6-7,12H2,1-5H3,(H,25,27)/t13-/m0/s1. The lowest BCUT2D eigenvalue weighted by Crippen LogP contribution is -2.44. The third-order valence-corrected chi connectivity index (χ3v) is 8.62. The predicted molar refractivity (Wildman–Crippen MR) is 134 cm³/mol. The Morgan fingerprint density at radius 1 is 1.28 bits per heavy atom. The zero-order chi connectivity index (χ0) is 23.0. The summed E-state index contributed by atoms with van der Waals surface area (Å²) in [6.45, 7) is 7.70. The first-order valence-corrected chi connectivity index (χ1v) is 13.2. The molecule has 1 aliphatic rings. The Kier molecular flexibility index (Phi) is 6.61. The molecule has 32 heavy (non-hydrogen) atoms. The van der Waals surface area contributed by atoms with E-state index in [4.69, 9.17) is 9.72 Å². The van der Waals surface area contributed by atoms with Gasteiger partial charge in [0, 0.05) is 5.54 Å². The van der Waals surface area contributed by atoms with Gasteiger partial charge in [-0.1, -0.05) is 11.8 Å². The van der Waals surface area contributed by atoms with E-state index in [0.717, 1.165) is 29.0 Å². The molecule has 1 aliphatic heterocycles. The van der Waals surface area contributed by atoms with Crippen molar-refractivity contribution in [1.29, 1.82) is 0 Å². The molecular formula is C23H27N3O3S3. The Labute approximate surface area is 200 Å². The van der Waals surface area contributed by atoms with Crippen LogP contribution >= 0.6 is 34.9 Å². The number of amides is 1. The fourth-order valence-corrected chi connectivity index (χ4v) is 7.05. The smallest absolute Gasteiger partial charge is 0.267 e. The van der Waals surface area contributed by atoms with Gasteiger partial charge in [-0.25, -0.2) is 4.98 Å². The van der Waals surface area contributed by atoms with Crippen LogP contribution in [0.1, 0.15) is 39.7 Å². The maximum atomic E-state index is 13.8. The SMILES string of the molecule is COc1ccc(-n2c(S[C@@H](C)C(=O)NC(C)(C)C)nc3sc4c(c3c2=O)CCCS4)cc1. The summed E-state index contributed by atoms with van der Waals surface area (Å²) in [5.41, 5.74) is 1.42. The van der Waals surface area contributed by atoms with Crippen LogP contribution in [0.15, 0.2) is 38.4 Å². The average molecular weight is 490 g/mol. The quantitative estimate of drug-likeness (QED) is 0.406. The molecule has 3 aromatic rings. The summed E-state index contributed by atoms with van der Waals surface area (Å²) >= 11 is 4.70. The van der Waals surface area contributed by atoms with Gasteiger partial charge in [0.15, 0.2) is 5.16 Å². The van der Waals surface area contributed by atoms with Crippen LogP contribution in [0.3, 0.4) is 0 Å². The lowest BCUT2D eigenvalue weighted by atomic mass is 10.1. The summed E-state index contributed by atoms with van der Waals surface area (Å²) < 4.78 is 8.11. The molecule has 1 amide bonds. The van der Waals surface area contributed by atoms with E-state index in [1.165, 1.54) is 16.0 Å². The molecule has 0 spiro atoms. The van der Waals surface area contributed by atoms with Gasteiger partial charge >= 0.3 is 0 Å². The van der Waals surface area contributed by atoms with Gasteiger partial charge in [0.2, 0.25) is 5.91 Å². The fourth-order valence-electron chi connectivity index (χ4n) is 3.54. The zero-order valence-electron chi connectivity index (χ0n) is 18.9. The molecule has 9 heteroatoms. The van der Waals surface area contributed by atoms with E-state index in [9.17, 15) is 9.59 Å². The maximum Gasteiger partial charge on any atom is 0.267 e. The Morgan fingerprint density at radius 2 is 2.00 bits per heavy atom. The van der Waals surface area contributed by atoms with Crippen molar-refractivity contribution in [3.05, 3.63) is 40.2 Å². The molecule has 1 atom stereocenters. The molecule has 0 bridgehead atoms. The highest BCUT2D eigenvalue weighted by atomic mass is 32.2. The molecule has 0 fully saturated rings. The lowest BCUT2D eigenvalue weighted by Gasteiger charge is -2.23. The number of carbonyl (C=O) groups excluding carboxylic acids is 1. The normalized spacial score (nSPS) is 14.8. The van der Waals surface area contributed by atoms with Crippen molar-refractivity contribution in [2.45, 2.75) is 60.7 Å². The number of hydrogen-bond donors (Lipinski definition) is 1. The first kappa shape index (κ1) is 23.2. The molecule has 1 aromatic carbocycles. The second-order valence-corrected chi connectivity index (χ2v) is 12.4. The van der Waals surface area contributed by atoms with Gasteiger partial charge in [-0.3, -0.25) is 14.2 Å². The van der Waals surface area contributed by atoms with E-state index in [1.54, 1.807) is 34.8 Å². The number of aryl methyl sites for hydroxylation is 1. The highest BCUT2D eigenvalue weighted by molar-refractivity contribution is 8.01. The van der Waals surface area contributed by atoms with Gasteiger partial charge in [-0.2, -0.15) is 0 Å². The minimum atomic E-state index is -0.410. The fraction of sp³-hybridized carbons (Fsp3) is 0.435. The maximum absolute atomic E-state index is 13.8. The van der Waals surface area contributed by atoms with Gasteiger partial charge in [-0.05, 0) is 76.1 Å². The zero-order valence-corrected chi connectivity index (χ0v) is 21.3. The minimum Gasteiger partial charge on any atom is -0.497 e. The molecule has 0 saturated heterocycles. The van der Waals surface area contributed by atoms with Crippen LogP contribution in [0, 0.1) is 0 Å². The van der Waals surface area contributed by atoms with Crippen molar-refractivity contribution in [2.24, 2.45) is 0 Å². The number of methoxy groups -OCH3 is 1. The molecule has 0 unspecified atom stereocenters. The molecule has 6 nitrogen and oxygen atoms in total. The van der Waals surface area contributed by atoms with Gasteiger partial charge in [0.1, 0.15) is 10.6 Å². The number of hydrogen-bond acceptors (Lipinski definition) is 7. The van der Waals surface area contributed by atoms with Crippen LogP contribution in [-0.4, -0.2) is 39.1 Å². The Balaban J connectivity index is 1.84. The number of benzene rings is 1. The highest BCUT2D eigenvalue weighted by Crippen LogP contribution is 2.41. The molecular weight excluding hydrogens is 462 g/mol. The molecule has 0 saturated carbocycles. The van der Waals surface area contributed by atoms with Crippen LogP contribution in [-0.2, 0) is 11.2 Å². The summed E-state index contributed by atoms with van der Waals surface area (Å²) in [6, 6.07) is 7.36. The van der Waals surface area contributed by atoms with E-state index in [1.807, 2.05) is 52.0 Å². The highest BCUT2D eigenvalue weighted by Gasteiger charge is 2.26. The largest absolute Gasteiger partial charge is 0.497 e. The Hall–Kier alpha value is -1.97. The van der Waals surface area contributed by atoms with Gasteiger partial charge in [-0.15, -0.1) is 23.1 Å². The van der Waals surface area contributed by atoms with Crippen molar-refractivity contribution in [3.8, 4) is 11.4 Å². The first-order chi connectivity index (χ1) is 15.2. The third-order valence-electron chi connectivity index (χ3n) is 5.04. The molecule has 4 rings (SSSR count). The van der Waals surface area contributed by atoms with Crippen molar-refractivity contribution in [1.82, 2.24) is 14.9 Å². The number of nitrogens with zero attached hydrogens (tertiary/aromatic N) is 2. The van der Waals surface area contributed by atoms with E-state index in [2.05, 4.69) is 5.32 Å². The van der Waals surface area contributed by atoms with Crippen molar-refractivity contribution < 1.29 is 9.53 Å². The summed E-state index contributed by atoms with van der Waals surface area (Å²) in [4.78, 5) is 32.2. The Morgan fingerprint density at radius 3 is 2.66 bits per heavy atom. The number of thioether (sulfide) groups is 2. The Bertz CT molecular complexity index is 1210. The van der Waals surface area contributed by atoms with E-state index in [0.29, 0.717) is 22.0 Å². The van der Waals surface area contributed by atoms with E-state index < -0.39 is 5.25 Å². The molecule has 0 radical (unpaired) electrons.